The molecule has 0 atom stereocenters. The van der Waals surface area contributed by atoms with E-state index >= 15 is 0 Å². The summed E-state index contributed by atoms with van der Waals surface area (Å²) in [5, 5.41) is 3.58. The van der Waals surface area contributed by atoms with Crippen LogP contribution in [0, 0.1) is 0 Å². The predicted octanol–water partition coefficient (Wildman–Crippen LogP) is 9.09. The van der Waals surface area contributed by atoms with Gasteiger partial charge in [0.05, 0.1) is 0 Å². The molecule has 0 aliphatic heterocycles. The van der Waals surface area contributed by atoms with Crippen LogP contribution >= 0.6 is 0 Å². The SMILES string of the molecule is CC1(C)c2ccccc2-c2ccc(Nc3ccc(-c4ccccc4)cc3)cc21.c1ccccc1. The molecule has 1 aliphatic rings. The molecule has 1 heteroatoms. The zero-order valence-corrected chi connectivity index (χ0v) is 19.7. The standard InChI is InChI=1S/C27H23N.C6H6/c1-27(2)25-11-7-6-10-23(25)24-17-16-22(18-26(24)27)28-21-14-12-20(13-15-21)19-8-4-3-5-9-19;1-2-4-6-5-3-1/h3-18,28H,1-2H3;1-6H. The minimum atomic E-state index is 0.0286. The minimum absolute atomic E-state index is 0.0286. The summed E-state index contributed by atoms with van der Waals surface area (Å²) in [7, 11) is 0. The molecule has 0 heterocycles. The van der Waals surface area contributed by atoms with Crippen LogP contribution in [0.15, 0.2) is 133 Å². The molecule has 5 aromatic rings. The van der Waals surface area contributed by atoms with E-state index < -0.39 is 0 Å². The fourth-order valence-corrected chi connectivity index (χ4v) is 4.71. The van der Waals surface area contributed by atoms with Crippen molar-refractivity contribution in [3.8, 4) is 22.3 Å². The van der Waals surface area contributed by atoms with E-state index in [0.717, 1.165) is 11.4 Å². The number of rotatable bonds is 3. The molecule has 5 aromatic carbocycles. The first kappa shape index (κ1) is 21.7. The number of benzene rings is 5. The van der Waals surface area contributed by atoms with Gasteiger partial charge in [-0.3, -0.25) is 0 Å². The van der Waals surface area contributed by atoms with E-state index in [1.54, 1.807) is 0 Å². The van der Waals surface area contributed by atoms with E-state index in [-0.39, 0.29) is 5.41 Å². The van der Waals surface area contributed by atoms with Crippen LogP contribution in [-0.4, -0.2) is 0 Å². The Morgan fingerprint density at radius 1 is 0.441 bits per heavy atom. The van der Waals surface area contributed by atoms with Gasteiger partial charge in [0.15, 0.2) is 0 Å². The van der Waals surface area contributed by atoms with Crippen LogP contribution in [0.3, 0.4) is 0 Å². The number of nitrogens with one attached hydrogen (secondary N) is 1. The highest BCUT2D eigenvalue weighted by atomic mass is 14.9. The summed E-state index contributed by atoms with van der Waals surface area (Å²) in [6.07, 6.45) is 0. The molecule has 0 spiro atoms. The van der Waals surface area contributed by atoms with Gasteiger partial charge in [0.1, 0.15) is 0 Å². The molecular formula is C33H29N. The van der Waals surface area contributed by atoms with Gasteiger partial charge >= 0.3 is 0 Å². The highest BCUT2D eigenvalue weighted by Crippen LogP contribution is 2.49. The fourth-order valence-electron chi connectivity index (χ4n) is 4.71. The summed E-state index contributed by atoms with van der Waals surface area (Å²) >= 11 is 0. The van der Waals surface area contributed by atoms with E-state index in [0.29, 0.717) is 0 Å². The van der Waals surface area contributed by atoms with Gasteiger partial charge in [-0.2, -0.15) is 0 Å². The molecule has 0 amide bonds. The van der Waals surface area contributed by atoms with Gasteiger partial charge in [-0.15, -0.1) is 0 Å². The number of hydrogen-bond donors (Lipinski definition) is 1. The van der Waals surface area contributed by atoms with Gasteiger partial charge in [-0.25, -0.2) is 0 Å². The van der Waals surface area contributed by atoms with Crippen LogP contribution in [0.5, 0.6) is 0 Å². The Morgan fingerprint density at radius 3 is 1.62 bits per heavy atom. The molecule has 166 valence electrons. The van der Waals surface area contributed by atoms with Crippen LogP contribution in [0.25, 0.3) is 22.3 Å². The second-order valence-corrected chi connectivity index (χ2v) is 9.15. The third-order valence-corrected chi connectivity index (χ3v) is 6.53. The molecule has 1 nitrogen and oxygen atoms in total. The average Bonchev–Trinajstić information content (AvgIpc) is 3.13. The van der Waals surface area contributed by atoms with Crippen LogP contribution < -0.4 is 5.32 Å². The van der Waals surface area contributed by atoms with E-state index in [1.807, 2.05) is 42.5 Å². The zero-order chi connectivity index (χ0) is 23.4. The lowest BCUT2D eigenvalue weighted by molar-refractivity contribution is 0.660. The molecule has 0 radical (unpaired) electrons. The molecular weight excluding hydrogens is 410 g/mol. The van der Waals surface area contributed by atoms with Gasteiger partial charge in [0.25, 0.3) is 0 Å². The van der Waals surface area contributed by atoms with Crippen molar-refractivity contribution in [3.05, 3.63) is 145 Å². The normalized spacial score (nSPS) is 12.6. The lowest BCUT2D eigenvalue weighted by Gasteiger charge is -2.22. The minimum Gasteiger partial charge on any atom is -0.356 e. The summed E-state index contributed by atoms with van der Waals surface area (Å²) in [5.74, 6) is 0. The van der Waals surface area contributed by atoms with Crippen molar-refractivity contribution >= 4 is 11.4 Å². The molecule has 34 heavy (non-hydrogen) atoms. The molecule has 1 N–H and O–H groups in total. The number of hydrogen-bond acceptors (Lipinski definition) is 1. The third kappa shape index (κ3) is 4.38. The van der Waals surface area contributed by atoms with Crippen molar-refractivity contribution in [2.24, 2.45) is 0 Å². The van der Waals surface area contributed by atoms with E-state index in [1.165, 1.54) is 33.4 Å². The van der Waals surface area contributed by atoms with Gasteiger partial charge in [0.2, 0.25) is 0 Å². The molecule has 0 saturated carbocycles. The van der Waals surface area contributed by atoms with Crippen LogP contribution in [0.2, 0.25) is 0 Å². The molecule has 0 unspecified atom stereocenters. The van der Waals surface area contributed by atoms with Crippen molar-refractivity contribution in [3.63, 3.8) is 0 Å². The highest BCUT2D eigenvalue weighted by molar-refractivity contribution is 5.83. The summed E-state index contributed by atoms with van der Waals surface area (Å²) in [5.41, 5.74) is 10.3. The van der Waals surface area contributed by atoms with Crippen molar-refractivity contribution in [2.75, 3.05) is 5.32 Å². The Hall–Kier alpha value is -4.10. The van der Waals surface area contributed by atoms with Crippen molar-refractivity contribution in [1.29, 1.82) is 0 Å². The van der Waals surface area contributed by atoms with E-state index in [9.17, 15) is 0 Å². The summed E-state index contributed by atoms with van der Waals surface area (Å²) in [6, 6.07) is 46.6. The first-order valence-corrected chi connectivity index (χ1v) is 11.8. The van der Waals surface area contributed by atoms with Crippen LogP contribution in [0.4, 0.5) is 11.4 Å². The first-order chi connectivity index (χ1) is 16.6. The third-order valence-electron chi connectivity index (χ3n) is 6.53. The maximum atomic E-state index is 3.58. The predicted molar refractivity (Wildman–Crippen MR) is 146 cm³/mol. The van der Waals surface area contributed by atoms with Gasteiger partial charge < -0.3 is 5.32 Å². The number of fused-ring (bicyclic) bond motifs is 3. The van der Waals surface area contributed by atoms with Gasteiger partial charge in [-0.05, 0) is 57.6 Å². The lowest BCUT2D eigenvalue weighted by atomic mass is 9.82. The van der Waals surface area contributed by atoms with Gasteiger partial charge in [-0.1, -0.05) is 123 Å². The van der Waals surface area contributed by atoms with Gasteiger partial charge in [0, 0.05) is 16.8 Å². The Balaban J connectivity index is 0.000000351. The Kier molecular flexibility index (Phi) is 6.01. The highest BCUT2D eigenvalue weighted by Gasteiger charge is 2.35. The smallest absolute Gasteiger partial charge is 0.0387 e. The average molecular weight is 440 g/mol. The largest absolute Gasteiger partial charge is 0.356 e. The van der Waals surface area contributed by atoms with Crippen molar-refractivity contribution in [1.82, 2.24) is 0 Å². The second-order valence-electron chi connectivity index (χ2n) is 9.15. The van der Waals surface area contributed by atoms with E-state index in [4.69, 9.17) is 0 Å². The Bertz CT molecular complexity index is 1340. The van der Waals surface area contributed by atoms with E-state index in [2.05, 4.69) is 110 Å². The molecule has 0 bridgehead atoms. The monoisotopic (exact) mass is 439 g/mol. The second kappa shape index (κ2) is 9.41. The fraction of sp³-hybridized carbons (Fsp3) is 0.0909. The van der Waals surface area contributed by atoms with Crippen LogP contribution in [0.1, 0.15) is 25.0 Å². The van der Waals surface area contributed by atoms with Crippen molar-refractivity contribution < 1.29 is 0 Å². The first-order valence-electron chi connectivity index (χ1n) is 11.8. The summed E-state index contributed by atoms with van der Waals surface area (Å²) in [6.45, 7) is 4.63. The summed E-state index contributed by atoms with van der Waals surface area (Å²) in [4.78, 5) is 0. The zero-order valence-electron chi connectivity index (χ0n) is 19.7. The maximum absolute atomic E-state index is 3.58. The molecule has 0 aromatic heterocycles. The molecule has 6 rings (SSSR count). The molecule has 0 saturated heterocycles. The van der Waals surface area contributed by atoms with Crippen molar-refractivity contribution in [2.45, 2.75) is 19.3 Å². The summed E-state index contributed by atoms with van der Waals surface area (Å²) < 4.78 is 0. The topological polar surface area (TPSA) is 12.0 Å². The quantitative estimate of drug-likeness (QED) is 0.295. The number of anilines is 2. The molecule has 1 aliphatic carbocycles. The van der Waals surface area contributed by atoms with Crippen LogP contribution in [-0.2, 0) is 5.41 Å². The Morgan fingerprint density at radius 2 is 0.941 bits per heavy atom. The Labute approximate surface area is 202 Å². The molecule has 0 fully saturated rings. The maximum Gasteiger partial charge on any atom is 0.0387 e. The lowest BCUT2D eigenvalue weighted by Crippen LogP contribution is -2.15.